The van der Waals surface area contributed by atoms with Gasteiger partial charge < -0.3 is 4.74 Å². The zero-order chi connectivity index (χ0) is 7.44. The number of alkyl halides is 2. The Labute approximate surface area is 55.7 Å². The topological polar surface area (TPSA) is 43.4 Å². The van der Waals surface area contributed by atoms with Gasteiger partial charge in [0.15, 0.2) is 0 Å². The number of hydrogen-bond donors (Lipinski definition) is 0. The van der Waals surface area contributed by atoms with Gasteiger partial charge in [0.05, 0.1) is 0 Å². The van der Waals surface area contributed by atoms with Crippen LogP contribution in [0.25, 0.3) is 0 Å². The zero-order valence-corrected chi connectivity index (χ0v) is 5.31. The van der Waals surface area contributed by atoms with Gasteiger partial charge in [-0.25, -0.2) is 9.18 Å². The van der Waals surface area contributed by atoms with Crippen molar-refractivity contribution >= 4 is 23.5 Å². The van der Waals surface area contributed by atoms with Crippen molar-refractivity contribution in [3.63, 3.8) is 0 Å². The molecule has 0 N–H and O–H groups in total. The van der Waals surface area contributed by atoms with Crippen molar-refractivity contribution in [3.05, 3.63) is 0 Å². The molecule has 52 valence electrons. The summed E-state index contributed by atoms with van der Waals surface area (Å²) >= 11 is 4.58. The van der Waals surface area contributed by atoms with Crippen LogP contribution in [0.1, 0.15) is 6.92 Å². The Morgan fingerprint density at radius 1 is 1.67 bits per heavy atom. The zero-order valence-electron chi connectivity index (χ0n) is 4.56. The van der Waals surface area contributed by atoms with Gasteiger partial charge in [0.2, 0.25) is 0 Å². The summed E-state index contributed by atoms with van der Waals surface area (Å²) in [6.45, 7) is 0.983. The Hall–Kier alpha value is -0.640. The lowest BCUT2D eigenvalue weighted by atomic mass is 10.7. The van der Waals surface area contributed by atoms with Crippen LogP contribution in [0, 0.1) is 0 Å². The van der Waals surface area contributed by atoms with Gasteiger partial charge in [-0.2, -0.15) is 0 Å². The number of carbonyl (C=O) groups is 2. The van der Waals surface area contributed by atoms with E-state index < -0.39 is 17.6 Å². The highest BCUT2D eigenvalue weighted by atomic mass is 35.5. The molecule has 0 aromatic carbocycles. The molecule has 0 radical (unpaired) electrons. The van der Waals surface area contributed by atoms with E-state index in [1.54, 1.807) is 0 Å². The fourth-order valence-corrected chi connectivity index (χ4v) is 0.231. The predicted molar refractivity (Wildman–Crippen MR) is 27.5 cm³/mol. The van der Waals surface area contributed by atoms with E-state index in [9.17, 15) is 14.0 Å². The summed E-state index contributed by atoms with van der Waals surface area (Å²) in [5, 5.41) is 0. The lowest BCUT2D eigenvalue weighted by Gasteiger charge is -1.95. The highest BCUT2D eigenvalue weighted by molar-refractivity contribution is 6.29. The Balaban J connectivity index is 3.64. The predicted octanol–water partition coefficient (Wildman–Crippen LogP) is 0.610. The van der Waals surface area contributed by atoms with Gasteiger partial charge in [-0.05, 0) is 0 Å². The number of ether oxygens (including phenoxy) is 1. The van der Waals surface area contributed by atoms with E-state index >= 15 is 0 Å². The Kier molecular flexibility index (Phi) is 3.16. The largest absolute Gasteiger partial charge is 0.390 e. The van der Waals surface area contributed by atoms with E-state index in [-0.39, 0.29) is 0 Å². The van der Waals surface area contributed by atoms with Crippen LogP contribution in [0.5, 0.6) is 0 Å². The van der Waals surface area contributed by atoms with Crippen LogP contribution in [0.2, 0.25) is 0 Å². The third-order valence-corrected chi connectivity index (χ3v) is 0.601. The standard InChI is InChI=1S/C4H4ClFO3/c1-2(7)9-4(8)3(5)6/h3H,1H3. The first kappa shape index (κ1) is 8.36. The van der Waals surface area contributed by atoms with Crippen molar-refractivity contribution in [2.24, 2.45) is 0 Å². The fourth-order valence-electron chi connectivity index (χ4n) is 0.186. The van der Waals surface area contributed by atoms with Crippen LogP contribution in [0.3, 0.4) is 0 Å². The number of hydrogen-bond acceptors (Lipinski definition) is 3. The monoisotopic (exact) mass is 154 g/mol. The quantitative estimate of drug-likeness (QED) is 0.316. The van der Waals surface area contributed by atoms with E-state index in [1.165, 1.54) is 0 Å². The molecule has 0 fully saturated rings. The molecule has 0 aliphatic rings. The molecule has 1 unspecified atom stereocenters. The lowest BCUT2D eigenvalue weighted by molar-refractivity contribution is -0.159. The van der Waals surface area contributed by atoms with E-state index in [4.69, 9.17) is 0 Å². The normalized spacial score (nSPS) is 12.3. The van der Waals surface area contributed by atoms with Crippen LogP contribution < -0.4 is 0 Å². The third kappa shape index (κ3) is 3.90. The summed E-state index contributed by atoms with van der Waals surface area (Å²) in [6, 6.07) is 0. The van der Waals surface area contributed by atoms with Gasteiger partial charge in [-0.3, -0.25) is 4.79 Å². The summed E-state index contributed by atoms with van der Waals surface area (Å²) in [6.07, 6.45) is 0. The number of carbonyl (C=O) groups excluding carboxylic acids is 2. The van der Waals surface area contributed by atoms with Gasteiger partial charge in [-0.1, -0.05) is 11.6 Å². The van der Waals surface area contributed by atoms with Crippen LogP contribution in [-0.2, 0) is 14.3 Å². The third-order valence-electron chi connectivity index (χ3n) is 0.422. The van der Waals surface area contributed by atoms with Gasteiger partial charge in [0.1, 0.15) is 0 Å². The molecule has 1 atom stereocenters. The van der Waals surface area contributed by atoms with Gasteiger partial charge in [0, 0.05) is 6.92 Å². The van der Waals surface area contributed by atoms with Gasteiger partial charge >= 0.3 is 11.9 Å². The lowest BCUT2D eigenvalue weighted by Crippen LogP contribution is -2.15. The molecule has 0 aliphatic heterocycles. The molecule has 0 aromatic heterocycles. The van der Waals surface area contributed by atoms with Crippen molar-refractivity contribution in [1.29, 1.82) is 0 Å². The highest BCUT2D eigenvalue weighted by Crippen LogP contribution is 1.98. The Bertz CT molecular complexity index is 134. The van der Waals surface area contributed by atoms with E-state index in [0.29, 0.717) is 0 Å². The molecule has 0 saturated heterocycles. The second-order valence-electron chi connectivity index (χ2n) is 1.21. The van der Waals surface area contributed by atoms with Crippen molar-refractivity contribution < 1.29 is 18.7 Å². The molecule has 9 heavy (non-hydrogen) atoms. The minimum absolute atomic E-state index is 0.872. The van der Waals surface area contributed by atoms with E-state index in [1.807, 2.05) is 0 Å². The number of rotatable bonds is 1. The molecule has 0 amide bonds. The van der Waals surface area contributed by atoms with Gasteiger partial charge in [0.25, 0.3) is 5.63 Å². The Morgan fingerprint density at radius 3 is 2.22 bits per heavy atom. The minimum atomic E-state index is -2.26. The Morgan fingerprint density at radius 2 is 2.11 bits per heavy atom. The van der Waals surface area contributed by atoms with Crippen LogP contribution in [0.15, 0.2) is 0 Å². The molecule has 0 bridgehead atoms. The van der Waals surface area contributed by atoms with Gasteiger partial charge in [-0.15, -0.1) is 0 Å². The maximum Gasteiger partial charge on any atom is 0.364 e. The van der Waals surface area contributed by atoms with Crippen LogP contribution >= 0.6 is 11.6 Å². The van der Waals surface area contributed by atoms with Crippen molar-refractivity contribution in [3.8, 4) is 0 Å². The van der Waals surface area contributed by atoms with Crippen molar-refractivity contribution in [2.45, 2.75) is 12.6 Å². The molecule has 0 heterocycles. The van der Waals surface area contributed by atoms with Crippen molar-refractivity contribution in [2.75, 3.05) is 0 Å². The van der Waals surface area contributed by atoms with E-state index in [0.717, 1.165) is 6.92 Å². The van der Waals surface area contributed by atoms with Crippen molar-refractivity contribution in [1.82, 2.24) is 0 Å². The summed E-state index contributed by atoms with van der Waals surface area (Å²) in [7, 11) is 0. The maximum atomic E-state index is 11.6. The molecule has 0 rings (SSSR count). The molecular weight excluding hydrogens is 150 g/mol. The van der Waals surface area contributed by atoms with Crippen LogP contribution in [0.4, 0.5) is 4.39 Å². The molecular formula is C4H4ClFO3. The molecule has 0 saturated carbocycles. The molecule has 0 spiro atoms. The summed E-state index contributed by atoms with van der Waals surface area (Å²) in [4.78, 5) is 19.9. The fraction of sp³-hybridized carbons (Fsp3) is 0.500. The minimum Gasteiger partial charge on any atom is -0.390 e. The van der Waals surface area contributed by atoms with E-state index in [2.05, 4.69) is 16.3 Å². The highest BCUT2D eigenvalue weighted by Gasteiger charge is 2.16. The number of halogens is 2. The first-order valence-electron chi connectivity index (χ1n) is 2.04. The molecule has 0 aromatic rings. The molecule has 5 heteroatoms. The first-order chi connectivity index (χ1) is 4.04. The summed E-state index contributed by atoms with van der Waals surface area (Å²) in [5.74, 6) is -2.24. The van der Waals surface area contributed by atoms with Crippen LogP contribution in [-0.4, -0.2) is 17.6 Å². The smallest absolute Gasteiger partial charge is 0.364 e. The maximum absolute atomic E-state index is 11.6. The molecule has 3 nitrogen and oxygen atoms in total. The summed E-state index contributed by atoms with van der Waals surface area (Å²) < 4.78 is 15.3. The molecule has 0 aliphatic carbocycles. The average molecular weight is 155 g/mol. The summed E-state index contributed by atoms with van der Waals surface area (Å²) in [5.41, 5.74) is -2.26. The second-order valence-corrected chi connectivity index (χ2v) is 1.60. The first-order valence-corrected chi connectivity index (χ1v) is 2.48. The second kappa shape index (κ2) is 3.40. The number of esters is 2. The average Bonchev–Trinajstić information content (AvgIpc) is 1.63. The SMILES string of the molecule is CC(=O)OC(=O)C(F)Cl.